The summed E-state index contributed by atoms with van der Waals surface area (Å²) in [7, 11) is 0. The Labute approximate surface area is 174 Å². The summed E-state index contributed by atoms with van der Waals surface area (Å²) < 4.78 is 0. The van der Waals surface area contributed by atoms with Gasteiger partial charge in [-0.2, -0.15) is 0 Å². The van der Waals surface area contributed by atoms with Crippen molar-refractivity contribution in [2.75, 3.05) is 10.2 Å². The van der Waals surface area contributed by atoms with Crippen molar-refractivity contribution < 1.29 is 9.72 Å². The zero-order valence-electron chi connectivity index (χ0n) is 16.7. The third kappa shape index (κ3) is 3.80. The third-order valence-corrected chi connectivity index (χ3v) is 5.14. The molecule has 6 heteroatoms. The molecule has 1 amide bonds. The maximum absolute atomic E-state index is 13.3. The maximum atomic E-state index is 13.3. The zero-order chi connectivity index (χ0) is 21.3. The quantitative estimate of drug-likeness (QED) is 0.467. The first kappa shape index (κ1) is 19.4. The molecule has 150 valence electrons. The molecule has 6 nitrogen and oxygen atoms in total. The third-order valence-electron chi connectivity index (χ3n) is 5.14. The van der Waals surface area contributed by atoms with E-state index < -0.39 is 4.92 Å². The minimum atomic E-state index is -0.429. The molecule has 1 atom stereocenters. The number of rotatable bonds is 5. The van der Waals surface area contributed by atoms with Crippen LogP contribution in [0.2, 0.25) is 0 Å². The molecule has 1 aliphatic rings. The first-order chi connectivity index (χ1) is 14.4. The molecule has 0 aromatic heterocycles. The first-order valence-corrected chi connectivity index (χ1v) is 9.62. The molecule has 0 aliphatic carbocycles. The minimum absolute atomic E-state index is 0.0203. The van der Waals surface area contributed by atoms with Crippen molar-refractivity contribution in [3.05, 3.63) is 111 Å². The molecule has 0 saturated carbocycles. The highest BCUT2D eigenvalue weighted by molar-refractivity contribution is 6.11. The van der Waals surface area contributed by atoms with E-state index >= 15 is 0 Å². The summed E-state index contributed by atoms with van der Waals surface area (Å²) in [6.45, 7) is 4.00. The number of nitro groups is 1. The van der Waals surface area contributed by atoms with Gasteiger partial charge >= 0.3 is 0 Å². The Balaban J connectivity index is 1.72. The second-order valence-electron chi connectivity index (χ2n) is 7.38. The van der Waals surface area contributed by atoms with Crippen LogP contribution < -0.4 is 10.2 Å². The summed E-state index contributed by atoms with van der Waals surface area (Å²) in [5, 5.41) is 14.2. The number of carbonyl (C=O) groups excluding carboxylic acids is 1. The maximum Gasteiger partial charge on any atom is 0.275 e. The second kappa shape index (κ2) is 7.83. The standard InChI is InChI=1S/C24H21N3O3/c1-16-3-9-19(10-4-16)25-22-15-23(18-7-13-21(14-8-18)27(29)30)26(24(22)28)20-11-5-17(2)6-12-20/h3-15,23,25H,1-2H3. The molecule has 0 spiro atoms. The molecule has 0 bridgehead atoms. The summed E-state index contributed by atoms with van der Waals surface area (Å²) in [5.74, 6) is -0.150. The highest BCUT2D eigenvalue weighted by Gasteiger charge is 2.35. The monoisotopic (exact) mass is 399 g/mol. The second-order valence-corrected chi connectivity index (χ2v) is 7.38. The summed E-state index contributed by atoms with van der Waals surface area (Å²) in [4.78, 5) is 25.6. The van der Waals surface area contributed by atoms with Gasteiger partial charge in [-0.25, -0.2) is 0 Å². The number of anilines is 2. The summed E-state index contributed by atoms with van der Waals surface area (Å²) in [5.41, 5.74) is 5.13. The van der Waals surface area contributed by atoms with Crippen LogP contribution in [-0.4, -0.2) is 10.8 Å². The van der Waals surface area contributed by atoms with Gasteiger partial charge in [0.05, 0.1) is 11.0 Å². The van der Waals surface area contributed by atoms with E-state index in [9.17, 15) is 14.9 Å². The van der Waals surface area contributed by atoms with Crippen molar-refractivity contribution in [2.24, 2.45) is 0 Å². The van der Waals surface area contributed by atoms with E-state index in [0.29, 0.717) is 5.70 Å². The molecule has 3 aromatic rings. The molecular formula is C24H21N3O3. The number of amides is 1. The molecule has 30 heavy (non-hydrogen) atoms. The Hall–Kier alpha value is -3.93. The molecule has 1 N–H and O–H groups in total. The van der Waals surface area contributed by atoms with E-state index in [4.69, 9.17) is 0 Å². The SMILES string of the molecule is Cc1ccc(NC2=CC(c3ccc([N+](=O)[O-])cc3)N(c3ccc(C)cc3)C2=O)cc1. The van der Waals surface area contributed by atoms with Gasteiger partial charge in [0.1, 0.15) is 5.70 Å². The number of hydrogen-bond acceptors (Lipinski definition) is 4. The van der Waals surface area contributed by atoms with Crippen molar-refractivity contribution in [3.8, 4) is 0 Å². The topological polar surface area (TPSA) is 75.5 Å². The number of non-ortho nitro benzene ring substituents is 1. The van der Waals surface area contributed by atoms with Crippen molar-refractivity contribution in [3.63, 3.8) is 0 Å². The normalized spacial score (nSPS) is 15.8. The highest BCUT2D eigenvalue weighted by Crippen LogP contribution is 2.36. The van der Waals surface area contributed by atoms with Gasteiger partial charge in [0.2, 0.25) is 0 Å². The lowest BCUT2D eigenvalue weighted by atomic mass is 10.1. The number of nitro benzene ring substituents is 1. The summed E-state index contributed by atoms with van der Waals surface area (Å²) in [6.07, 6.45) is 1.86. The molecule has 0 radical (unpaired) electrons. The number of hydrogen-bond donors (Lipinski definition) is 1. The van der Waals surface area contributed by atoms with Gasteiger partial charge in [-0.05, 0) is 61.9 Å². The Morgan fingerprint density at radius 1 is 0.867 bits per heavy atom. The van der Waals surface area contributed by atoms with E-state index in [1.165, 1.54) is 12.1 Å². The van der Waals surface area contributed by atoms with Gasteiger partial charge in [-0.15, -0.1) is 0 Å². The van der Waals surface area contributed by atoms with Gasteiger partial charge in [0.25, 0.3) is 11.6 Å². The molecule has 1 heterocycles. The van der Waals surface area contributed by atoms with Crippen molar-refractivity contribution in [1.29, 1.82) is 0 Å². The number of carbonyl (C=O) groups is 1. The average Bonchev–Trinajstić information content (AvgIpc) is 3.06. The highest BCUT2D eigenvalue weighted by atomic mass is 16.6. The van der Waals surface area contributed by atoms with E-state index in [-0.39, 0.29) is 17.6 Å². The van der Waals surface area contributed by atoms with Crippen LogP contribution >= 0.6 is 0 Å². The molecule has 4 rings (SSSR count). The van der Waals surface area contributed by atoms with Crippen LogP contribution in [0.5, 0.6) is 0 Å². The van der Waals surface area contributed by atoms with E-state index in [1.807, 2.05) is 68.5 Å². The summed E-state index contributed by atoms with van der Waals surface area (Å²) >= 11 is 0. The Kier molecular flexibility index (Phi) is 5.06. The Morgan fingerprint density at radius 2 is 1.43 bits per heavy atom. The molecule has 1 unspecified atom stereocenters. The van der Waals surface area contributed by atoms with E-state index in [1.54, 1.807) is 17.0 Å². The fraction of sp³-hybridized carbons (Fsp3) is 0.125. The molecule has 0 saturated heterocycles. The van der Waals surface area contributed by atoms with Crippen LogP contribution in [0.25, 0.3) is 0 Å². The number of aryl methyl sites for hydroxylation is 2. The van der Waals surface area contributed by atoms with Crippen LogP contribution in [-0.2, 0) is 4.79 Å². The predicted octanol–water partition coefficient (Wildman–Crippen LogP) is 5.30. The smallest absolute Gasteiger partial charge is 0.275 e. The lowest BCUT2D eigenvalue weighted by Gasteiger charge is -2.25. The van der Waals surface area contributed by atoms with Crippen molar-refractivity contribution in [2.45, 2.75) is 19.9 Å². The molecular weight excluding hydrogens is 378 g/mol. The number of benzene rings is 3. The van der Waals surface area contributed by atoms with Crippen LogP contribution in [0, 0.1) is 24.0 Å². The van der Waals surface area contributed by atoms with Crippen LogP contribution in [0.4, 0.5) is 17.1 Å². The molecule has 3 aromatic carbocycles. The van der Waals surface area contributed by atoms with Gasteiger partial charge in [0, 0.05) is 23.5 Å². The largest absolute Gasteiger partial charge is 0.351 e. The summed E-state index contributed by atoms with van der Waals surface area (Å²) in [6, 6.07) is 21.5. The zero-order valence-corrected chi connectivity index (χ0v) is 16.7. The number of nitrogens with zero attached hydrogens (tertiary/aromatic N) is 2. The lowest BCUT2D eigenvalue weighted by Crippen LogP contribution is -2.30. The van der Waals surface area contributed by atoms with Gasteiger partial charge in [0.15, 0.2) is 0 Å². The minimum Gasteiger partial charge on any atom is -0.351 e. The molecule has 0 fully saturated rings. The number of nitrogens with one attached hydrogen (secondary N) is 1. The van der Waals surface area contributed by atoms with Crippen LogP contribution in [0.3, 0.4) is 0 Å². The van der Waals surface area contributed by atoms with E-state index in [0.717, 1.165) is 28.1 Å². The Morgan fingerprint density at radius 3 is 2.00 bits per heavy atom. The van der Waals surface area contributed by atoms with Crippen LogP contribution in [0.15, 0.2) is 84.6 Å². The fourth-order valence-corrected chi connectivity index (χ4v) is 3.47. The van der Waals surface area contributed by atoms with Crippen molar-refractivity contribution >= 4 is 23.0 Å². The van der Waals surface area contributed by atoms with Gasteiger partial charge in [-0.1, -0.05) is 35.4 Å². The van der Waals surface area contributed by atoms with Gasteiger partial charge in [-0.3, -0.25) is 19.8 Å². The fourth-order valence-electron chi connectivity index (χ4n) is 3.47. The van der Waals surface area contributed by atoms with E-state index in [2.05, 4.69) is 5.32 Å². The Bertz CT molecular complexity index is 1120. The first-order valence-electron chi connectivity index (χ1n) is 9.62. The predicted molar refractivity (Wildman–Crippen MR) is 117 cm³/mol. The molecule has 1 aliphatic heterocycles. The lowest BCUT2D eigenvalue weighted by molar-refractivity contribution is -0.384. The average molecular weight is 399 g/mol. The van der Waals surface area contributed by atoms with Crippen molar-refractivity contribution in [1.82, 2.24) is 0 Å². The van der Waals surface area contributed by atoms with Gasteiger partial charge < -0.3 is 5.32 Å². The van der Waals surface area contributed by atoms with Crippen LogP contribution in [0.1, 0.15) is 22.7 Å².